The smallest absolute Gasteiger partial charge is 0.251 e. The molecule has 1 atom stereocenters. The van der Waals surface area contributed by atoms with E-state index in [9.17, 15) is 13.9 Å². The molecule has 0 saturated heterocycles. The minimum absolute atomic E-state index is 0.249. The van der Waals surface area contributed by atoms with Gasteiger partial charge in [0, 0.05) is 6.54 Å². The second-order valence-corrected chi connectivity index (χ2v) is 4.37. The Bertz CT molecular complexity index is 344. The third-order valence-electron chi connectivity index (χ3n) is 2.66. The summed E-state index contributed by atoms with van der Waals surface area (Å²) in [6.07, 6.45) is -2.45. The number of alkyl halides is 2. The van der Waals surface area contributed by atoms with E-state index in [1.807, 2.05) is 31.2 Å². The standard InChI is InChI=1S/C13H19F2NO/c1-10-4-3-5-11(8-10)12(17)6-7-16(2)9-13(14)15/h3-5,8,12-13,17H,6-7,9H2,1-2H3. The largest absolute Gasteiger partial charge is 0.388 e. The van der Waals surface area contributed by atoms with Crippen LogP contribution in [0.5, 0.6) is 0 Å². The highest BCUT2D eigenvalue weighted by Crippen LogP contribution is 2.17. The Balaban J connectivity index is 2.42. The summed E-state index contributed by atoms with van der Waals surface area (Å²) >= 11 is 0. The van der Waals surface area contributed by atoms with E-state index in [0.717, 1.165) is 11.1 Å². The van der Waals surface area contributed by atoms with E-state index in [2.05, 4.69) is 0 Å². The van der Waals surface area contributed by atoms with Gasteiger partial charge in [0.25, 0.3) is 6.43 Å². The van der Waals surface area contributed by atoms with Gasteiger partial charge in [-0.25, -0.2) is 8.78 Å². The summed E-state index contributed by atoms with van der Waals surface area (Å²) in [4.78, 5) is 1.53. The summed E-state index contributed by atoms with van der Waals surface area (Å²) in [5.74, 6) is 0. The molecular formula is C13H19F2NO. The molecule has 17 heavy (non-hydrogen) atoms. The van der Waals surface area contributed by atoms with Gasteiger partial charge in [0.15, 0.2) is 0 Å². The van der Waals surface area contributed by atoms with Crippen molar-refractivity contribution in [2.75, 3.05) is 20.1 Å². The summed E-state index contributed by atoms with van der Waals surface area (Å²) in [5, 5.41) is 9.91. The third kappa shape index (κ3) is 5.24. The predicted octanol–water partition coefficient (Wildman–Crippen LogP) is 2.62. The molecule has 0 fully saturated rings. The quantitative estimate of drug-likeness (QED) is 0.830. The lowest BCUT2D eigenvalue weighted by Gasteiger charge is -2.18. The average molecular weight is 243 g/mol. The predicted molar refractivity (Wildman–Crippen MR) is 64.3 cm³/mol. The maximum atomic E-state index is 12.1. The molecule has 0 heterocycles. The molecule has 0 aliphatic rings. The van der Waals surface area contributed by atoms with E-state index < -0.39 is 12.5 Å². The van der Waals surface area contributed by atoms with Crippen LogP contribution in [0.15, 0.2) is 24.3 Å². The lowest BCUT2D eigenvalue weighted by atomic mass is 10.0. The maximum absolute atomic E-state index is 12.1. The molecule has 1 aromatic rings. The fraction of sp³-hybridized carbons (Fsp3) is 0.538. The van der Waals surface area contributed by atoms with Crippen LogP contribution >= 0.6 is 0 Å². The Hall–Kier alpha value is -1.00. The number of aryl methyl sites for hydroxylation is 1. The molecule has 0 radical (unpaired) electrons. The van der Waals surface area contributed by atoms with Gasteiger partial charge in [0.1, 0.15) is 0 Å². The summed E-state index contributed by atoms with van der Waals surface area (Å²) in [7, 11) is 1.63. The number of aliphatic hydroxyl groups is 1. The fourth-order valence-electron chi connectivity index (χ4n) is 1.71. The number of rotatable bonds is 6. The zero-order valence-corrected chi connectivity index (χ0v) is 10.2. The molecule has 0 aromatic heterocycles. The van der Waals surface area contributed by atoms with E-state index >= 15 is 0 Å². The topological polar surface area (TPSA) is 23.5 Å². The first-order valence-electron chi connectivity index (χ1n) is 5.70. The van der Waals surface area contributed by atoms with Crippen molar-refractivity contribution in [1.82, 2.24) is 4.90 Å². The Morgan fingerprint density at radius 1 is 1.35 bits per heavy atom. The summed E-state index contributed by atoms with van der Waals surface area (Å²) in [6.45, 7) is 2.17. The molecule has 1 unspecified atom stereocenters. The van der Waals surface area contributed by atoms with Crippen LogP contribution in [-0.4, -0.2) is 36.6 Å². The molecule has 0 bridgehead atoms. The summed E-state index contributed by atoms with van der Waals surface area (Å²) in [5.41, 5.74) is 1.93. The molecule has 2 nitrogen and oxygen atoms in total. The van der Waals surface area contributed by atoms with Gasteiger partial charge in [-0.1, -0.05) is 29.8 Å². The highest BCUT2D eigenvalue weighted by molar-refractivity contribution is 5.23. The molecule has 0 spiro atoms. The maximum Gasteiger partial charge on any atom is 0.251 e. The molecule has 0 saturated carbocycles. The van der Waals surface area contributed by atoms with E-state index in [4.69, 9.17) is 0 Å². The first-order chi connectivity index (χ1) is 7.99. The van der Waals surface area contributed by atoms with E-state index in [1.54, 1.807) is 7.05 Å². The van der Waals surface area contributed by atoms with Crippen molar-refractivity contribution < 1.29 is 13.9 Å². The van der Waals surface area contributed by atoms with Crippen LogP contribution < -0.4 is 0 Å². The zero-order chi connectivity index (χ0) is 12.8. The number of hydrogen-bond acceptors (Lipinski definition) is 2. The van der Waals surface area contributed by atoms with Gasteiger partial charge in [-0.15, -0.1) is 0 Å². The average Bonchev–Trinajstić information content (AvgIpc) is 2.25. The lowest BCUT2D eigenvalue weighted by molar-refractivity contribution is 0.0874. The van der Waals surface area contributed by atoms with Crippen molar-refractivity contribution in [2.45, 2.75) is 25.9 Å². The van der Waals surface area contributed by atoms with Gasteiger partial charge in [-0.2, -0.15) is 0 Å². The van der Waals surface area contributed by atoms with Crippen LogP contribution in [0.3, 0.4) is 0 Å². The number of benzene rings is 1. The first-order valence-corrected chi connectivity index (χ1v) is 5.70. The van der Waals surface area contributed by atoms with Crippen molar-refractivity contribution >= 4 is 0 Å². The first kappa shape index (κ1) is 14.1. The van der Waals surface area contributed by atoms with Gasteiger partial charge in [0.05, 0.1) is 12.6 Å². The Labute approximate surface area is 101 Å². The number of halogens is 2. The minimum atomic E-state index is -2.32. The van der Waals surface area contributed by atoms with Gasteiger partial charge >= 0.3 is 0 Å². The lowest BCUT2D eigenvalue weighted by Crippen LogP contribution is -2.26. The van der Waals surface area contributed by atoms with Crippen LogP contribution in [0, 0.1) is 6.92 Å². The number of aliphatic hydroxyl groups excluding tert-OH is 1. The van der Waals surface area contributed by atoms with Crippen LogP contribution in [0.25, 0.3) is 0 Å². The second-order valence-electron chi connectivity index (χ2n) is 4.37. The summed E-state index contributed by atoms with van der Waals surface area (Å²) < 4.78 is 24.2. The number of nitrogens with zero attached hydrogens (tertiary/aromatic N) is 1. The second kappa shape index (κ2) is 6.67. The van der Waals surface area contributed by atoms with Crippen molar-refractivity contribution in [2.24, 2.45) is 0 Å². The van der Waals surface area contributed by atoms with Crippen molar-refractivity contribution in [3.63, 3.8) is 0 Å². The van der Waals surface area contributed by atoms with Gasteiger partial charge in [-0.05, 0) is 26.0 Å². The Morgan fingerprint density at radius 2 is 2.06 bits per heavy atom. The highest BCUT2D eigenvalue weighted by Gasteiger charge is 2.11. The normalized spacial score (nSPS) is 13.4. The molecule has 4 heteroatoms. The number of hydrogen-bond donors (Lipinski definition) is 1. The molecule has 0 aliphatic carbocycles. The molecule has 96 valence electrons. The van der Waals surface area contributed by atoms with E-state index in [1.165, 1.54) is 4.90 Å². The zero-order valence-electron chi connectivity index (χ0n) is 10.2. The monoisotopic (exact) mass is 243 g/mol. The van der Waals surface area contributed by atoms with Crippen LogP contribution in [0.4, 0.5) is 8.78 Å². The molecule has 0 aliphatic heterocycles. The van der Waals surface area contributed by atoms with Crippen molar-refractivity contribution in [3.05, 3.63) is 35.4 Å². The van der Waals surface area contributed by atoms with Crippen LogP contribution in [0.1, 0.15) is 23.7 Å². The molecule has 1 aromatic carbocycles. The van der Waals surface area contributed by atoms with Gasteiger partial charge in [-0.3, -0.25) is 0 Å². The summed E-state index contributed by atoms with van der Waals surface area (Å²) in [6, 6.07) is 7.61. The fourth-order valence-corrected chi connectivity index (χ4v) is 1.71. The third-order valence-corrected chi connectivity index (χ3v) is 2.66. The van der Waals surface area contributed by atoms with Crippen molar-refractivity contribution in [1.29, 1.82) is 0 Å². The van der Waals surface area contributed by atoms with Crippen molar-refractivity contribution in [3.8, 4) is 0 Å². The highest BCUT2D eigenvalue weighted by atomic mass is 19.3. The molecular weight excluding hydrogens is 224 g/mol. The van der Waals surface area contributed by atoms with E-state index in [-0.39, 0.29) is 6.54 Å². The van der Waals surface area contributed by atoms with Gasteiger partial charge in [0.2, 0.25) is 0 Å². The molecule has 1 rings (SSSR count). The molecule has 0 amide bonds. The Morgan fingerprint density at radius 3 is 2.65 bits per heavy atom. The molecule has 1 N–H and O–H groups in total. The van der Waals surface area contributed by atoms with E-state index in [0.29, 0.717) is 13.0 Å². The Kier molecular flexibility index (Phi) is 5.51. The van der Waals surface area contributed by atoms with Crippen LogP contribution in [-0.2, 0) is 0 Å². The SMILES string of the molecule is Cc1cccc(C(O)CCN(C)CC(F)F)c1. The van der Waals surface area contributed by atoms with Crippen LogP contribution in [0.2, 0.25) is 0 Å². The minimum Gasteiger partial charge on any atom is -0.388 e. The van der Waals surface area contributed by atoms with Gasteiger partial charge < -0.3 is 10.0 Å².